The first-order valence-corrected chi connectivity index (χ1v) is 6.95. The minimum absolute atomic E-state index is 0.268. The average Bonchev–Trinajstić information content (AvgIpc) is 2.92. The van der Waals surface area contributed by atoms with Gasteiger partial charge in [0.1, 0.15) is 6.61 Å². The van der Waals surface area contributed by atoms with E-state index in [-0.39, 0.29) is 11.6 Å². The van der Waals surface area contributed by atoms with Crippen LogP contribution in [0.3, 0.4) is 0 Å². The molecule has 0 unspecified atom stereocenters. The van der Waals surface area contributed by atoms with E-state index in [1.165, 1.54) is 0 Å². The number of hydrogen-bond acceptors (Lipinski definition) is 2. The molecular formula is C17H17FN2O. The molecule has 21 heavy (non-hydrogen) atoms. The number of fused-ring (bicyclic) bond motifs is 1. The van der Waals surface area contributed by atoms with Crippen molar-refractivity contribution in [2.75, 3.05) is 6.54 Å². The summed E-state index contributed by atoms with van der Waals surface area (Å²) >= 11 is 0. The molecule has 0 aliphatic carbocycles. The molecule has 3 rings (SSSR count). The molecule has 1 aromatic heterocycles. The molecule has 0 radical (unpaired) electrons. The summed E-state index contributed by atoms with van der Waals surface area (Å²) in [6, 6.07) is 13.2. The number of aromatic amines is 1. The van der Waals surface area contributed by atoms with Crippen LogP contribution in [0.1, 0.15) is 11.1 Å². The number of rotatable bonds is 5. The minimum atomic E-state index is -0.326. The Morgan fingerprint density at radius 2 is 1.90 bits per heavy atom. The van der Waals surface area contributed by atoms with Crippen molar-refractivity contribution in [1.82, 2.24) is 4.98 Å². The number of aromatic nitrogens is 1. The maximum Gasteiger partial charge on any atom is 0.174 e. The molecule has 0 saturated carbocycles. The second-order valence-electron chi connectivity index (χ2n) is 4.93. The van der Waals surface area contributed by atoms with Crippen molar-refractivity contribution in [2.24, 2.45) is 5.73 Å². The standard InChI is InChI=1S/C17H17FN2O/c18-17-15(21-11-12-4-2-1-3-5-12)7-6-14-16(17)13(8-9-19)10-20-14/h1-7,10,20H,8-9,11,19H2. The van der Waals surface area contributed by atoms with Crippen LogP contribution in [0.25, 0.3) is 10.9 Å². The van der Waals surface area contributed by atoms with Crippen LogP contribution in [0, 0.1) is 5.82 Å². The number of nitrogens with two attached hydrogens (primary N) is 1. The first-order valence-electron chi connectivity index (χ1n) is 6.95. The number of H-pyrrole nitrogens is 1. The fourth-order valence-electron chi connectivity index (χ4n) is 2.43. The van der Waals surface area contributed by atoms with Crippen LogP contribution in [0.5, 0.6) is 5.75 Å². The fraction of sp³-hybridized carbons (Fsp3) is 0.176. The maximum atomic E-state index is 14.6. The molecule has 0 bridgehead atoms. The first-order chi connectivity index (χ1) is 10.3. The summed E-state index contributed by atoms with van der Waals surface area (Å²) in [7, 11) is 0. The lowest BCUT2D eigenvalue weighted by atomic mass is 10.1. The van der Waals surface area contributed by atoms with Gasteiger partial charge in [-0.3, -0.25) is 0 Å². The SMILES string of the molecule is NCCc1c[nH]c2ccc(OCc3ccccc3)c(F)c12. The monoisotopic (exact) mass is 284 g/mol. The lowest BCUT2D eigenvalue weighted by Crippen LogP contribution is -2.03. The third-order valence-corrected chi connectivity index (χ3v) is 3.48. The molecule has 0 spiro atoms. The van der Waals surface area contributed by atoms with E-state index in [9.17, 15) is 4.39 Å². The first kappa shape index (κ1) is 13.6. The molecule has 4 heteroatoms. The van der Waals surface area contributed by atoms with Crippen LogP contribution in [0.4, 0.5) is 4.39 Å². The summed E-state index contributed by atoms with van der Waals surface area (Å²) in [6.45, 7) is 0.835. The Labute approximate surface area is 122 Å². The van der Waals surface area contributed by atoms with Gasteiger partial charge in [0.2, 0.25) is 0 Å². The van der Waals surface area contributed by atoms with E-state index in [4.69, 9.17) is 10.5 Å². The Kier molecular flexibility index (Phi) is 3.88. The summed E-state index contributed by atoms with van der Waals surface area (Å²) in [4.78, 5) is 3.06. The zero-order valence-corrected chi connectivity index (χ0v) is 11.6. The van der Waals surface area contributed by atoms with Crippen molar-refractivity contribution in [3.05, 3.63) is 65.6 Å². The Bertz CT molecular complexity index is 737. The van der Waals surface area contributed by atoms with E-state index in [2.05, 4.69) is 4.98 Å². The van der Waals surface area contributed by atoms with Crippen molar-refractivity contribution in [3.8, 4) is 5.75 Å². The Hall–Kier alpha value is -2.33. The van der Waals surface area contributed by atoms with E-state index in [0.717, 1.165) is 16.6 Å². The molecule has 0 fully saturated rings. The lowest BCUT2D eigenvalue weighted by Gasteiger charge is -2.08. The van der Waals surface area contributed by atoms with Gasteiger partial charge in [-0.25, -0.2) is 4.39 Å². The van der Waals surface area contributed by atoms with Gasteiger partial charge in [-0.1, -0.05) is 30.3 Å². The number of hydrogen-bond donors (Lipinski definition) is 2. The third kappa shape index (κ3) is 2.76. The molecule has 0 amide bonds. The molecule has 3 nitrogen and oxygen atoms in total. The van der Waals surface area contributed by atoms with Crippen LogP contribution in [0.2, 0.25) is 0 Å². The zero-order chi connectivity index (χ0) is 14.7. The van der Waals surface area contributed by atoms with E-state index in [1.54, 1.807) is 6.07 Å². The third-order valence-electron chi connectivity index (χ3n) is 3.48. The highest BCUT2D eigenvalue weighted by Gasteiger charge is 2.13. The summed E-state index contributed by atoms with van der Waals surface area (Å²) in [5.41, 5.74) is 8.22. The maximum absolute atomic E-state index is 14.6. The summed E-state index contributed by atoms with van der Waals surface area (Å²) in [5.74, 6) is -0.0580. The van der Waals surface area contributed by atoms with E-state index in [1.807, 2.05) is 42.6 Å². The van der Waals surface area contributed by atoms with Gasteiger partial charge >= 0.3 is 0 Å². The van der Waals surface area contributed by atoms with Crippen molar-refractivity contribution in [1.29, 1.82) is 0 Å². The van der Waals surface area contributed by atoms with Gasteiger partial charge in [-0.15, -0.1) is 0 Å². The predicted molar refractivity (Wildman–Crippen MR) is 81.8 cm³/mol. The van der Waals surface area contributed by atoms with E-state index in [0.29, 0.717) is 25.0 Å². The van der Waals surface area contributed by atoms with Crippen molar-refractivity contribution >= 4 is 10.9 Å². The van der Waals surface area contributed by atoms with Crippen LogP contribution in [0.15, 0.2) is 48.7 Å². The quantitative estimate of drug-likeness (QED) is 0.754. The molecule has 0 atom stereocenters. The predicted octanol–water partition coefficient (Wildman–Crippen LogP) is 3.39. The van der Waals surface area contributed by atoms with Gasteiger partial charge in [0.25, 0.3) is 0 Å². The topological polar surface area (TPSA) is 51.0 Å². The number of halogens is 1. The molecular weight excluding hydrogens is 267 g/mol. The van der Waals surface area contributed by atoms with Crippen LogP contribution in [-0.2, 0) is 13.0 Å². The van der Waals surface area contributed by atoms with Gasteiger partial charge in [-0.2, -0.15) is 0 Å². The second-order valence-corrected chi connectivity index (χ2v) is 4.93. The molecule has 3 aromatic rings. The Balaban J connectivity index is 1.88. The highest BCUT2D eigenvalue weighted by atomic mass is 19.1. The molecule has 0 saturated heterocycles. The number of benzene rings is 2. The van der Waals surface area contributed by atoms with Gasteiger partial charge in [0.15, 0.2) is 11.6 Å². The van der Waals surface area contributed by atoms with Crippen molar-refractivity contribution in [3.63, 3.8) is 0 Å². The van der Waals surface area contributed by atoms with Gasteiger partial charge in [-0.05, 0) is 36.2 Å². The molecule has 108 valence electrons. The van der Waals surface area contributed by atoms with Gasteiger partial charge in [0, 0.05) is 17.1 Å². The molecule has 1 heterocycles. The Morgan fingerprint density at radius 1 is 1.10 bits per heavy atom. The van der Waals surface area contributed by atoms with Crippen LogP contribution < -0.4 is 10.5 Å². The Morgan fingerprint density at radius 3 is 2.67 bits per heavy atom. The lowest BCUT2D eigenvalue weighted by molar-refractivity contribution is 0.291. The highest BCUT2D eigenvalue weighted by Crippen LogP contribution is 2.29. The largest absolute Gasteiger partial charge is 0.486 e. The normalized spacial score (nSPS) is 11.0. The number of nitrogens with one attached hydrogen (secondary N) is 1. The molecule has 0 aliphatic rings. The molecule has 3 N–H and O–H groups in total. The van der Waals surface area contributed by atoms with Crippen LogP contribution in [-0.4, -0.2) is 11.5 Å². The zero-order valence-electron chi connectivity index (χ0n) is 11.6. The number of ether oxygens (including phenoxy) is 1. The summed E-state index contributed by atoms with van der Waals surface area (Å²) in [5, 5.41) is 0.575. The fourth-order valence-corrected chi connectivity index (χ4v) is 2.43. The molecule has 0 aliphatic heterocycles. The van der Waals surface area contributed by atoms with Gasteiger partial charge in [0.05, 0.1) is 0 Å². The smallest absolute Gasteiger partial charge is 0.174 e. The van der Waals surface area contributed by atoms with E-state index >= 15 is 0 Å². The van der Waals surface area contributed by atoms with E-state index < -0.39 is 0 Å². The minimum Gasteiger partial charge on any atom is -0.486 e. The average molecular weight is 284 g/mol. The van der Waals surface area contributed by atoms with Gasteiger partial charge < -0.3 is 15.5 Å². The summed E-state index contributed by atoms with van der Waals surface area (Å²) in [6.07, 6.45) is 2.45. The molecule has 2 aromatic carbocycles. The second kappa shape index (κ2) is 5.97. The van der Waals surface area contributed by atoms with Crippen molar-refractivity contribution < 1.29 is 9.13 Å². The van der Waals surface area contributed by atoms with Crippen molar-refractivity contribution in [2.45, 2.75) is 13.0 Å². The highest BCUT2D eigenvalue weighted by molar-refractivity contribution is 5.85. The summed E-state index contributed by atoms with van der Waals surface area (Å²) < 4.78 is 20.2. The van der Waals surface area contributed by atoms with Crippen LogP contribution >= 0.6 is 0 Å².